The summed E-state index contributed by atoms with van der Waals surface area (Å²) in [6.45, 7) is 9.96. The summed E-state index contributed by atoms with van der Waals surface area (Å²) in [4.78, 5) is 2.53. The minimum Gasteiger partial charge on any atom is -0.314 e. The van der Waals surface area contributed by atoms with Gasteiger partial charge in [0.05, 0.1) is 0 Å². The third-order valence-electron chi connectivity index (χ3n) is 3.69. The number of benzene rings is 1. The van der Waals surface area contributed by atoms with Crippen LogP contribution in [0.25, 0.3) is 0 Å². The van der Waals surface area contributed by atoms with Gasteiger partial charge in [0.25, 0.3) is 0 Å². The van der Waals surface area contributed by atoms with Gasteiger partial charge in [-0.15, -0.1) is 0 Å². The Labute approximate surface area is 109 Å². The normalized spacial score (nSPS) is 22.4. The van der Waals surface area contributed by atoms with Gasteiger partial charge in [-0.2, -0.15) is 0 Å². The molecule has 0 saturated carbocycles. The molecule has 1 atom stereocenters. The van der Waals surface area contributed by atoms with Crippen LogP contribution in [-0.4, -0.2) is 30.1 Å². The first kappa shape index (κ1) is 12.9. The van der Waals surface area contributed by atoms with E-state index in [1.165, 1.54) is 5.56 Å². The molecule has 0 radical (unpaired) electrons. The summed E-state index contributed by atoms with van der Waals surface area (Å²) in [6, 6.07) is 8.52. The van der Waals surface area contributed by atoms with Crippen LogP contribution in [0.1, 0.15) is 32.4 Å². The summed E-state index contributed by atoms with van der Waals surface area (Å²) in [5, 5.41) is 4.32. The third kappa shape index (κ3) is 2.65. The maximum absolute atomic E-state index is 6.29. The number of nitrogens with zero attached hydrogens (tertiary/aromatic N) is 1. The lowest BCUT2D eigenvalue weighted by atomic mass is 9.95. The van der Waals surface area contributed by atoms with Gasteiger partial charge in [-0.3, -0.25) is 4.90 Å². The molecule has 1 aromatic rings. The zero-order valence-electron chi connectivity index (χ0n) is 10.8. The van der Waals surface area contributed by atoms with E-state index in [-0.39, 0.29) is 5.54 Å². The van der Waals surface area contributed by atoms with E-state index >= 15 is 0 Å². The van der Waals surface area contributed by atoms with Gasteiger partial charge in [0.15, 0.2) is 0 Å². The molecule has 1 N–H and O–H groups in total. The molecule has 1 heterocycles. The summed E-state index contributed by atoms with van der Waals surface area (Å²) in [5.41, 5.74) is 1.40. The number of piperazine rings is 1. The van der Waals surface area contributed by atoms with Crippen LogP contribution in [-0.2, 0) is 0 Å². The summed E-state index contributed by atoms with van der Waals surface area (Å²) in [5.74, 6) is 0. The summed E-state index contributed by atoms with van der Waals surface area (Å²) in [7, 11) is 0. The van der Waals surface area contributed by atoms with Crippen molar-refractivity contribution in [1.82, 2.24) is 10.2 Å². The van der Waals surface area contributed by atoms with E-state index in [0.717, 1.165) is 24.7 Å². The Kier molecular flexibility index (Phi) is 3.76. The molecular formula is C14H21ClN2. The first-order valence-corrected chi connectivity index (χ1v) is 6.62. The number of halogens is 1. The molecular weight excluding hydrogens is 232 g/mol. The second kappa shape index (κ2) is 4.97. The molecule has 2 rings (SSSR count). The van der Waals surface area contributed by atoms with Crippen molar-refractivity contribution in [3.63, 3.8) is 0 Å². The fourth-order valence-electron chi connectivity index (χ4n) is 2.70. The van der Waals surface area contributed by atoms with Gasteiger partial charge in [0.2, 0.25) is 0 Å². The van der Waals surface area contributed by atoms with Crippen molar-refractivity contribution in [2.45, 2.75) is 32.4 Å². The zero-order chi connectivity index (χ0) is 12.5. The van der Waals surface area contributed by atoms with E-state index < -0.39 is 0 Å². The molecule has 1 aliphatic rings. The van der Waals surface area contributed by atoms with Crippen molar-refractivity contribution in [2.75, 3.05) is 19.6 Å². The number of rotatable bonds is 2. The minimum absolute atomic E-state index is 0.177. The quantitative estimate of drug-likeness (QED) is 0.870. The lowest BCUT2D eigenvalue weighted by Crippen LogP contribution is -2.58. The molecule has 1 aromatic carbocycles. The molecule has 0 aliphatic carbocycles. The average molecular weight is 253 g/mol. The van der Waals surface area contributed by atoms with Gasteiger partial charge < -0.3 is 5.32 Å². The Hall–Kier alpha value is -0.570. The number of hydrogen-bond donors (Lipinski definition) is 1. The Morgan fingerprint density at radius 2 is 2.06 bits per heavy atom. The highest BCUT2D eigenvalue weighted by atomic mass is 35.5. The maximum atomic E-state index is 6.29. The van der Waals surface area contributed by atoms with E-state index in [0.29, 0.717) is 6.04 Å². The minimum atomic E-state index is 0.177. The van der Waals surface area contributed by atoms with Crippen LogP contribution in [0.15, 0.2) is 24.3 Å². The van der Waals surface area contributed by atoms with Crippen molar-refractivity contribution in [1.29, 1.82) is 0 Å². The van der Waals surface area contributed by atoms with Crippen molar-refractivity contribution in [3.8, 4) is 0 Å². The highest BCUT2D eigenvalue weighted by Gasteiger charge is 2.33. The molecule has 3 heteroatoms. The van der Waals surface area contributed by atoms with E-state index in [1.807, 2.05) is 12.1 Å². The van der Waals surface area contributed by atoms with Crippen LogP contribution in [0, 0.1) is 0 Å². The highest BCUT2D eigenvalue weighted by Crippen LogP contribution is 2.32. The standard InChI is InChI=1S/C14H21ClN2/c1-11(12-6-4-5-7-13(12)15)17-9-8-16-10-14(17,2)3/h4-7,11,16H,8-10H2,1-3H3. The van der Waals surface area contributed by atoms with Crippen LogP contribution in [0.4, 0.5) is 0 Å². The fourth-order valence-corrected chi connectivity index (χ4v) is 2.99. The van der Waals surface area contributed by atoms with Crippen LogP contribution < -0.4 is 5.32 Å². The second-order valence-electron chi connectivity index (χ2n) is 5.38. The predicted octanol–water partition coefficient (Wildman–Crippen LogP) is 3.08. The number of hydrogen-bond acceptors (Lipinski definition) is 2. The smallest absolute Gasteiger partial charge is 0.0453 e. The van der Waals surface area contributed by atoms with Crippen LogP contribution >= 0.6 is 11.6 Å². The third-order valence-corrected chi connectivity index (χ3v) is 4.03. The molecule has 17 heavy (non-hydrogen) atoms. The van der Waals surface area contributed by atoms with Gasteiger partial charge in [0, 0.05) is 36.2 Å². The maximum Gasteiger partial charge on any atom is 0.0453 e. The molecule has 1 saturated heterocycles. The monoisotopic (exact) mass is 252 g/mol. The van der Waals surface area contributed by atoms with E-state index in [2.05, 4.69) is 43.1 Å². The Bertz CT molecular complexity index is 390. The Balaban J connectivity index is 2.25. The summed E-state index contributed by atoms with van der Waals surface area (Å²) < 4.78 is 0. The van der Waals surface area contributed by atoms with Crippen molar-refractivity contribution >= 4 is 11.6 Å². The largest absolute Gasteiger partial charge is 0.314 e. The van der Waals surface area contributed by atoms with Crippen LogP contribution in [0.3, 0.4) is 0 Å². The molecule has 0 amide bonds. The molecule has 0 spiro atoms. The zero-order valence-corrected chi connectivity index (χ0v) is 11.6. The van der Waals surface area contributed by atoms with Gasteiger partial charge in [-0.25, -0.2) is 0 Å². The summed E-state index contributed by atoms with van der Waals surface area (Å²) in [6.07, 6.45) is 0. The molecule has 1 fully saturated rings. The average Bonchev–Trinajstić information content (AvgIpc) is 2.28. The Morgan fingerprint density at radius 1 is 1.35 bits per heavy atom. The van der Waals surface area contributed by atoms with Crippen molar-refractivity contribution in [2.24, 2.45) is 0 Å². The molecule has 94 valence electrons. The van der Waals surface area contributed by atoms with Gasteiger partial charge in [-0.05, 0) is 32.4 Å². The van der Waals surface area contributed by atoms with E-state index in [1.54, 1.807) is 0 Å². The molecule has 0 bridgehead atoms. The molecule has 1 unspecified atom stereocenters. The SMILES string of the molecule is CC(c1ccccc1Cl)N1CCNCC1(C)C. The summed E-state index contributed by atoms with van der Waals surface area (Å²) >= 11 is 6.29. The fraction of sp³-hybridized carbons (Fsp3) is 0.571. The van der Waals surface area contributed by atoms with Gasteiger partial charge >= 0.3 is 0 Å². The van der Waals surface area contributed by atoms with Gasteiger partial charge in [-0.1, -0.05) is 29.8 Å². The molecule has 2 nitrogen and oxygen atoms in total. The van der Waals surface area contributed by atoms with Crippen molar-refractivity contribution in [3.05, 3.63) is 34.9 Å². The van der Waals surface area contributed by atoms with Crippen LogP contribution in [0.5, 0.6) is 0 Å². The molecule has 1 aliphatic heterocycles. The number of nitrogens with one attached hydrogen (secondary N) is 1. The second-order valence-corrected chi connectivity index (χ2v) is 5.79. The lowest BCUT2D eigenvalue weighted by molar-refractivity contribution is 0.0517. The Morgan fingerprint density at radius 3 is 2.71 bits per heavy atom. The first-order valence-electron chi connectivity index (χ1n) is 6.24. The topological polar surface area (TPSA) is 15.3 Å². The first-order chi connectivity index (χ1) is 8.02. The molecule has 0 aromatic heterocycles. The highest BCUT2D eigenvalue weighted by molar-refractivity contribution is 6.31. The van der Waals surface area contributed by atoms with Crippen molar-refractivity contribution < 1.29 is 0 Å². The van der Waals surface area contributed by atoms with Crippen LogP contribution in [0.2, 0.25) is 5.02 Å². The predicted molar refractivity (Wildman–Crippen MR) is 73.5 cm³/mol. The van der Waals surface area contributed by atoms with E-state index in [9.17, 15) is 0 Å². The lowest BCUT2D eigenvalue weighted by Gasteiger charge is -2.46. The van der Waals surface area contributed by atoms with Gasteiger partial charge in [0.1, 0.15) is 0 Å². The van der Waals surface area contributed by atoms with E-state index in [4.69, 9.17) is 11.6 Å².